The topological polar surface area (TPSA) is 114 Å². The summed E-state index contributed by atoms with van der Waals surface area (Å²) in [5.41, 5.74) is 1.29. The van der Waals surface area contributed by atoms with Gasteiger partial charge in [-0.25, -0.2) is 4.79 Å². The van der Waals surface area contributed by atoms with Gasteiger partial charge in [0.05, 0.1) is 23.3 Å². The third kappa shape index (κ3) is 3.18. The van der Waals surface area contributed by atoms with Crippen LogP contribution in [0, 0.1) is 10.1 Å². The Labute approximate surface area is 141 Å². The van der Waals surface area contributed by atoms with E-state index in [0.29, 0.717) is 16.6 Å². The Morgan fingerprint density at radius 3 is 2.64 bits per heavy atom. The van der Waals surface area contributed by atoms with Crippen molar-refractivity contribution in [3.8, 4) is 0 Å². The third-order valence-corrected chi connectivity index (χ3v) is 3.64. The molecule has 0 spiro atoms. The SMILES string of the molecule is COC(=O)c1ccccc1NC(=O)c1cc2cc([N+](=O)[O-])ccc2[nH]1. The van der Waals surface area contributed by atoms with E-state index in [0.717, 1.165) is 0 Å². The quantitative estimate of drug-likeness (QED) is 0.430. The molecule has 0 fully saturated rings. The number of nitrogens with one attached hydrogen (secondary N) is 2. The van der Waals surface area contributed by atoms with E-state index in [-0.39, 0.29) is 16.9 Å². The van der Waals surface area contributed by atoms with Crippen molar-refractivity contribution in [1.82, 2.24) is 4.98 Å². The number of para-hydroxylation sites is 1. The van der Waals surface area contributed by atoms with E-state index in [1.54, 1.807) is 18.2 Å². The molecule has 0 saturated carbocycles. The van der Waals surface area contributed by atoms with Crippen LogP contribution in [0.4, 0.5) is 11.4 Å². The van der Waals surface area contributed by atoms with Crippen LogP contribution in [0.2, 0.25) is 0 Å². The van der Waals surface area contributed by atoms with Gasteiger partial charge in [0.2, 0.25) is 0 Å². The fraction of sp³-hybridized carbons (Fsp3) is 0.0588. The van der Waals surface area contributed by atoms with E-state index in [2.05, 4.69) is 15.0 Å². The van der Waals surface area contributed by atoms with Crippen LogP contribution >= 0.6 is 0 Å². The molecule has 0 saturated heterocycles. The number of fused-ring (bicyclic) bond motifs is 1. The van der Waals surface area contributed by atoms with Crippen LogP contribution < -0.4 is 5.32 Å². The summed E-state index contributed by atoms with van der Waals surface area (Å²) >= 11 is 0. The van der Waals surface area contributed by atoms with E-state index < -0.39 is 16.8 Å². The minimum Gasteiger partial charge on any atom is -0.465 e. The predicted octanol–water partition coefficient (Wildman–Crippen LogP) is 3.12. The third-order valence-electron chi connectivity index (χ3n) is 3.64. The molecule has 0 aliphatic rings. The molecule has 8 heteroatoms. The summed E-state index contributed by atoms with van der Waals surface area (Å²) in [6.45, 7) is 0. The fourth-order valence-electron chi connectivity index (χ4n) is 2.43. The van der Waals surface area contributed by atoms with E-state index in [1.165, 1.54) is 37.4 Å². The number of carbonyl (C=O) groups is 2. The maximum atomic E-state index is 12.4. The van der Waals surface area contributed by atoms with Crippen molar-refractivity contribution in [3.05, 3.63) is 69.9 Å². The number of nitro groups is 1. The van der Waals surface area contributed by atoms with E-state index in [4.69, 9.17) is 0 Å². The zero-order chi connectivity index (χ0) is 18.0. The Hall–Kier alpha value is -3.68. The Bertz CT molecular complexity index is 993. The van der Waals surface area contributed by atoms with Gasteiger partial charge in [-0.15, -0.1) is 0 Å². The van der Waals surface area contributed by atoms with Crippen molar-refractivity contribution in [2.75, 3.05) is 12.4 Å². The molecule has 2 N–H and O–H groups in total. The molecule has 0 atom stereocenters. The van der Waals surface area contributed by atoms with E-state index >= 15 is 0 Å². The number of methoxy groups -OCH3 is 1. The van der Waals surface area contributed by atoms with Crippen molar-refractivity contribution >= 4 is 34.2 Å². The summed E-state index contributed by atoms with van der Waals surface area (Å²) in [4.78, 5) is 37.4. The Morgan fingerprint density at radius 2 is 1.92 bits per heavy atom. The van der Waals surface area contributed by atoms with Crippen molar-refractivity contribution in [1.29, 1.82) is 0 Å². The number of hydrogen-bond donors (Lipinski definition) is 2. The van der Waals surface area contributed by atoms with Gasteiger partial charge in [-0.1, -0.05) is 12.1 Å². The molecule has 2 aromatic carbocycles. The lowest BCUT2D eigenvalue weighted by Gasteiger charge is -2.08. The number of non-ortho nitro benzene ring substituents is 1. The molecule has 3 aromatic rings. The first-order chi connectivity index (χ1) is 12.0. The molecule has 1 heterocycles. The minimum atomic E-state index is -0.567. The number of rotatable bonds is 4. The molecular weight excluding hydrogens is 326 g/mol. The first-order valence-electron chi connectivity index (χ1n) is 7.25. The Balaban J connectivity index is 1.91. The van der Waals surface area contributed by atoms with Gasteiger partial charge in [0.15, 0.2) is 0 Å². The first kappa shape index (κ1) is 16.2. The summed E-state index contributed by atoms with van der Waals surface area (Å²) in [5, 5.41) is 14.0. The van der Waals surface area contributed by atoms with Crippen LogP contribution in [0.3, 0.4) is 0 Å². The van der Waals surface area contributed by atoms with E-state index in [1.807, 2.05) is 0 Å². The highest BCUT2D eigenvalue weighted by molar-refractivity contribution is 6.09. The van der Waals surface area contributed by atoms with Crippen LogP contribution in [0.15, 0.2) is 48.5 Å². The Kier molecular flexibility index (Phi) is 4.17. The molecule has 3 rings (SSSR count). The predicted molar refractivity (Wildman–Crippen MR) is 90.7 cm³/mol. The molecule has 25 heavy (non-hydrogen) atoms. The molecule has 0 unspecified atom stereocenters. The number of nitrogens with zero attached hydrogens (tertiary/aromatic N) is 1. The van der Waals surface area contributed by atoms with Gasteiger partial charge < -0.3 is 15.0 Å². The number of aromatic nitrogens is 1. The monoisotopic (exact) mass is 339 g/mol. The molecule has 0 bridgehead atoms. The van der Waals surface area contributed by atoms with Crippen molar-refractivity contribution < 1.29 is 19.2 Å². The molecule has 0 aliphatic carbocycles. The second kappa shape index (κ2) is 6.44. The lowest BCUT2D eigenvalue weighted by molar-refractivity contribution is -0.384. The van der Waals surface area contributed by atoms with Crippen molar-refractivity contribution in [3.63, 3.8) is 0 Å². The standard InChI is InChI=1S/C17H13N3O5/c1-25-17(22)12-4-2-3-5-14(12)19-16(21)15-9-10-8-11(20(23)24)6-7-13(10)18-15/h2-9,18H,1H3,(H,19,21). The molecule has 126 valence electrons. The van der Waals surface area contributed by atoms with Crippen molar-refractivity contribution in [2.24, 2.45) is 0 Å². The maximum Gasteiger partial charge on any atom is 0.339 e. The number of esters is 1. The van der Waals surface area contributed by atoms with Gasteiger partial charge in [0, 0.05) is 23.0 Å². The van der Waals surface area contributed by atoms with Crippen LogP contribution in [0.1, 0.15) is 20.8 Å². The summed E-state index contributed by atoms with van der Waals surface area (Å²) in [5.74, 6) is -1.04. The normalized spacial score (nSPS) is 10.4. The largest absolute Gasteiger partial charge is 0.465 e. The lowest BCUT2D eigenvalue weighted by Crippen LogP contribution is -2.15. The van der Waals surface area contributed by atoms with Crippen LogP contribution in [-0.4, -0.2) is 28.9 Å². The zero-order valence-electron chi connectivity index (χ0n) is 13.1. The highest BCUT2D eigenvalue weighted by Crippen LogP contribution is 2.23. The second-order valence-corrected chi connectivity index (χ2v) is 5.20. The van der Waals surface area contributed by atoms with Crippen molar-refractivity contribution in [2.45, 2.75) is 0 Å². The average molecular weight is 339 g/mol. The van der Waals surface area contributed by atoms with E-state index in [9.17, 15) is 19.7 Å². The highest BCUT2D eigenvalue weighted by atomic mass is 16.6. The number of amides is 1. The number of benzene rings is 2. The highest BCUT2D eigenvalue weighted by Gasteiger charge is 2.16. The van der Waals surface area contributed by atoms with Gasteiger partial charge in [-0.3, -0.25) is 14.9 Å². The van der Waals surface area contributed by atoms with Gasteiger partial charge >= 0.3 is 5.97 Å². The average Bonchev–Trinajstić information content (AvgIpc) is 3.04. The van der Waals surface area contributed by atoms with Crippen LogP contribution in [0.25, 0.3) is 10.9 Å². The molecule has 1 aromatic heterocycles. The van der Waals surface area contributed by atoms with Crippen LogP contribution in [0.5, 0.6) is 0 Å². The number of ether oxygens (including phenoxy) is 1. The van der Waals surface area contributed by atoms with Gasteiger partial charge in [0.1, 0.15) is 5.69 Å². The zero-order valence-corrected chi connectivity index (χ0v) is 13.1. The lowest BCUT2D eigenvalue weighted by atomic mass is 10.1. The number of H-pyrrole nitrogens is 1. The molecule has 1 amide bonds. The second-order valence-electron chi connectivity index (χ2n) is 5.20. The smallest absolute Gasteiger partial charge is 0.339 e. The van der Waals surface area contributed by atoms with Gasteiger partial charge in [-0.2, -0.15) is 0 Å². The summed E-state index contributed by atoms with van der Waals surface area (Å²) in [7, 11) is 1.26. The van der Waals surface area contributed by atoms with Gasteiger partial charge in [0.25, 0.3) is 11.6 Å². The minimum absolute atomic E-state index is 0.0607. The van der Waals surface area contributed by atoms with Gasteiger partial charge in [-0.05, 0) is 24.3 Å². The summed E-state index contributed by atoms with van der Waals surface area (Å²) < 4.78 is 4.69. The number of hydrogen-bond acceptors (Lipinski definition) is 5. The number of carbonyl (C=O) groups excluding carboxylic acids is 2. The molecule has 0 radical (unpaired) electrons. The number of aromatic amines is 1. The summed E-state index contributed by atoms with van der Waals surface area (Å²) in [6, 6.07) is 12.2. The molecule has 0 aliphatic heterocycles. The fourth-order valence-corrected chi connectivity index (χ4v) is 2.43. The van der Waals surface area contributed by atoms with Crippen LogP contribution in [-0.2, 0) is 4.74 Å². The maximum absolute atomic E-state index is 12.4. The first-order valence-corrected chi connectivity index (χ1v) is 7.25. The number of anilines is 1. The summed E-state index contributed by atoms with van der Waals surface area (Å²) in [6.07, 6.45) is 0. The molecular formula is C17H13N3O5. The molecule has 8 nitrogen and oxygen atoms in total. The number of nitro benzene ring substituents is 1. The Morgan fingerprint density at radius 1 is 1.16 bits per heavy atom.